The molecular weight excluding hydrogens is 198 g/mol. The van der Waals surface area contributed by atoms with E-state index >= 15 is 0 Å². The molecule has 88 valence electrons. The monoisotopic (exact) mass is 219 g/mol. The second kappa shape index (κ2) is 6.31. The van der Waals surface area contributed by atoms with Gasteiger partial charge in [0, 0.05) is 19.5 Å². The number of rotatable bonds is 5. The molecule has 0 aromatic carbocycles. The van der Waals surface area contributed by atoms with Gasteiger partial charge in [0.1, 0.15) is 0 Å². The van der Waals surface area contributed by atoms with Gasteiger partial charge in [0.05, 0.1) is 0 Å². The maximum absolute atomic E-state index is 11.8. The summed E-state index contributed by atoms with van der Waals surface area (Å²) in [4.78, 5) is 13.7. The van der Waals surface area contributed by atoms with Gasteiger partial charge in [-0.3, -0.25) is 4.79 Å². The Kier molecular flexibility index (Phi) is 5.03. The molecule has 0 heterocycles. The van der Waals surface area contributed by atoms with Crippen LogP contribution in [-0.2, 0) is 4.79 Å². The zero-order valence-corrected chi connectivity index (χ0v) is 10.5. The van der Waals surface area contributed by atoms with Gasteiger partial charge in [0.2, 0.25) is 5.91 Å². The molecule has 1 amide bonds. The van der Waals surface area contributed by atoms with Crippen LogP contribution in [0.3, 0.4) is 0 Å². The molecule has 1 aliphatic carbocycles. The van der Waals surface area contributed by atoms with Crippen LogP contribution in [-0.4, -0.2) is 23.9 Å². The predicted molar refractivity (Wildman–Crippen MR) is 68.1 cm³/mol. The Bertz CT molecular complexity index is 319. The van der Waals surface area contributed by atoms with Crippen molar-refractivity contribution in [3.63, 3.8) is 0 Å². The number of hydrogen-bond donors (Lipinski definition) is 0. The Balaban J connectivity index is 2.45. The number of amides is 1. The normalized spacial score (nSPS) is 13.3. The van der Waals surface area contributed by atoms with Gasteiger partial charge < -0.3 is 4.90 Å². The van der Waals surface area contributed by atoms with Gasteiger partial charge in [0.25, 0.3) is 0 Å². The summed E-state index contributed by atoms with van der Waals surface area (Å²) in [5, 5.41) is 0. The first-order chi connectivity index (χ1) is 7.69. The SMILES string of the molecule is CCN(CC)C(=O)CCC(C)=C1C=CC=C1. The first-order valence-corrected chi connectivity index (χ1v) is 6.01. The molecule has 0 radical (unpaired) electrons. The van der Waals surface area contributed by atoms with Crippen LogP contribution in [0.25, 0.3) is 0 Å². The fourth-order valence-corrected chi connectivity index (χ4v) is 1.83. The molecule has 0 aromatic heterocycles. The number of allylic oxidation sites excluding steroid dienone is 6. The fraction of sp³-hybridized carbons (Fsp3) is 0.500. The van der Waals surface area contributed by atoms with Gasteiger partial charge in [-0.15, -0.1) is 0 Å². The third kappa shape index (κ3) is 3.37. The maximum atomic E-state index is 11.8. The summed E-state index contributed by atoms with van der Waals surface area (Å²) >= 11 is 0. The number of hydrogen-bond acceptors (Lipinski definition) is 1. The molecule has 1 rings (SSSR count). The van der Waals surface area contributed by atoms with Gasteiger partial charge in [-0.25, -0.2) is 0 Å². The van der Waals surface area contributed by atoms with E-state index < -0.39 is 0 Å². The predicted octanol–water partition coefficient (Wildman–Crippen LogP) is 3.08. The standard InChI is InChI=1S/C14H21NO/c1-4-15(5-2)14(16)11-10-12(3)13-8-6-7-9-13/h6-9H,4-5,10-11H2,1-3H3. The van der Waals surface area contributed by atoms with E-state index in [0.717, 1.165) is 19.5 Å². The van der Waals surface area contributed by atoms with Crippen molar-refractivity contribution >= 4 is 5.91 Å². The molecule has 0 bridgehead atoms. The lowest BCUT2D eigenvalue weighted by Crippen LogP contribution is -2.30. The molecule has 0 saturated carbocycles. The molecule has 0 aliphatic heterocycles. The highest BCUT2D eigenvalue weighted by Gasteiger charge is 2.09. The van der Waals surface area contributed by atoms with Gasteiger partial charge in [-0.2, -0.15) is 0 Å². The molecule has 2 heteroatoms. The van der Waals surface area contributed by atoms with Gasteiger partial charge >= 0.3 is 0 Å². The van der Waals surface area contributed by atoms with Crippen LogP contribution < -0.4 is 0 Å². The molecule has 2 nitrogen and oxygen atoms in total. The van der Waals surface area contributed by atoms with Crippen LogP contribution in [0.15, 0.2) is 35.5 Å². The molecule has 1 aliphatic rings. The molecule has 0 fully saturated rings. The first-order valence-electron chi connectivity index (χ1n) is 6.01. The average Bonchev–Trinajstić information content (AvgIpc) is 2.81. The van der Waals surface area contributed by atoms with Crippen molar-refractivity contribution in [3.05, 3.63) is 35.5 Å². The number of carbonyl (C=O) groups is 1. The summed E-state index contributed by atoms with van der Waals surface area (Å²) in [7, 11) is 0. The van der Waals surface area contributed by atoms with Gasteiger partial charge in [-0.05, 0) is 32.8 Å². The lowest BCUT2D eigenvalue weighted by Gasteiger charge is -2.18. The maximum Gasteiger partial charge on any atom is 0.222 e. The topological polar surface area (TPSA) is 20.3 Å². The molecule has 0 spiro atoms. The van der Waals surface area contributed by atoms with Crippen LogP contribution in [0, 0.1) is 0 Å². The van der Waals surface area contributed by atoms with Crippen LogP contribution in [0.4, 0.5) is 0 Å². The van der Waals surface area contributed by atoms with Gasteiger partial charge in [-0.1, -0.05) is 29.9 Å². The van der Waals surface area contributed by atoms with E-state index in [2.05, 4.69) is 19.1 Å². The van der Waals surface area contributed by atoms with Crippen molar-refractivity contribution in [2.75, 3.05) is 13.1 Å². The molecule has 0 atom stereocenters. The third-order valence-corrected chi connectivity index (χ3v) is 2.99. The van der Waals surface area contributed by atoms with E-state index in [9.17, 15) is 4.79 Å². The molecular formula is C14H21NO. The first kappa shape index (κ1) is 12.8. The second-order valence-corrected chi connectivity index (χ2v) is 4.02. The van der Waals surface area contributed by atoms with Gasteiger partial charge in [0.15, 0.2) is 0 Å². The van der Waals surface area contributed by atoms with Crippen molar-refractivity contribution in [2.45, 2.75) is 33.6 Å². The smallest absolute Gasteiger partial charge is 0.222 e. The summed E-state index contributed by atoms with van der Waals surface area (Å²) in [6, 6.07) is 0. The zero-order valence-electron chi connectivity index (χ0n) is 10.5. The quantitative estimate of drug-likeness (QED) is 0.696. The summed E-state index contributed by atoms with van der Waals surface area (Å²) in [6.07, 6.45) is 9.74. The number of carbonyl (C=O) groups excluding carboxylic acids is 1. The molecule has 0 N–H and O–H groups in total. The Labute approximate surface area is 98.3 Å². The van der Waals surface area contributed by atoms with Crippen molar-refractivity contribution in [1.82, 2.24) is 4.90 Å². The van der Waals surface area contributed by atoms with Crippen molar-refractivity contribution in [2.24, 2.45) is 0 Å². The van der Waals surface area contributed by atoms with E-state index in [0.29, 0.717) is 6.42 Å². The highest BCUT2D eigenvalue weighted by atomic mass is 16.2. The molecule has 0 unspecified atom stereocenters. The Morgan fingerprint density at radius 1 is 1.12 bits per heavy atom. The Morgan fingerprint density at radius 2 is 1.69 bits per heavy atom. The Hall–Kier alpha value is -1.31. The minimum absolute atomic E-state index is 0.260. The van der Waals surface area contributed by atoms with Crippen molar-refractivity contribution in [3.8, 4) is 0 Å². The zero-order chi connectivity index (χ0) is 12.0. The molecule has 0 aromatic rings. The fourth-order valence-electron chi connectivity index (χ4n) is 1.83. The minimum atomic E-state index is 0.260. The summed E-state index contributed by atoms with van der Waals surface area (Å²) < 4.78 is 0. The van der Waals surface area contributed by atoms with E-state index in [1.54, 1.807) is 0 Å². The lowest BCUT2D eigenvalue weighted by molar-refractivity contribution is -0.130. The van der Waals surface area contributed by atoms with Crippen LogP contribution >= 0.6 is 0 Å². The summed E-state index contributed by atoms with van der Waals surface area (Å²) in [5.74, 6) is 0.260. The van der Waals surface area contributed by atoms with E-state index in [1.807, 2.05) is 30.9 Å². The van der Waals surface area contributed by atoms with Crippen molar-refractivity contribution in [1.29, 1.82) is 0 Å². The van der Waals surface area contributed by atoms with Crippen LogP contribution in [0.1, 0.15) is 33.6 Å². The number of nitrogens with zero attached hydrogens (tertiary/aromatic N) is 1. The van der Waals surface area contributed by atoms with E-state index in [1.165, 1.54) is 11.1 Å². The molecule has 0 saturated heterocycles. The van der Waals surface area contributed by atoms with E-state index in [-0.39, 0.29) is 5.91 Å². The second-order valence-electron chi connectivity index (χ2n) is 4.02. The average molecular weight is 219 g/mol. The highest BCUT2D eigenvalue weighted by Crippen LogP contribution is 2.17. The largest absolute Gasteiger partial charge is 0.343 e. The van der Waals surface area contributed by atoms with Crippen LogP contribution in [0.2, 0.25) is 0 Å². The highest BCUT2D eigenvalue weighted by molar-refractivity contribution is 5.76. The lowest BCUT2D eigenvalue weighted by atomic mass is 10.1. The van der Waals surface area contributed by atoms with E-state index in [4.69, 9.17) is 0 Å². The molecule has 16 heavy (non-hydrogen) atoms. The van der Waals surface area contributed by atoms with Crippen molar-refractivity contribution < 1.29 is 4.79 Å². The minimum Gasteiger partial charge on any atom is -0.343 e. The van der Waals surface area contributed by atoms with Crippen LogP contribution in [0.5, 0.6) is 0 Å². The summed E-state index contributed by atoms with van der Waals surface area (Å²) in [6.45, 7) is 7.77. The third-order valence-electron chi connectivity index (χ3n) is 2.99. The summed E-state index contributed by atoms with van der Waals surface area (Å²) in [5.41, 5.74) is 2.55. The Morgan fingerprint density at radius 3 is 2.19 bits per heavy atom.